The summed E-state index contributed by atoms with van der Waals surface area (Å²) < 4.78 is 0. The first kappa shape index (κ1) is 17.1. The van der Waals surface area contributed by atoms with Crippen LogP contribution in [-0.2, 0) is 0 Å². The van der Waals surface area contributed by atoms with Crippen molar-refractivity contribution in [2.45, 2.75) is 92.4 Å². The van der Waals surface area contributed by atoms with Crippen LogP contribution in [0, 0.1) is 29.6 Å². The maximum absolute atomic E-state index is 2.45. The molecule has 0 bridgehead atoms. The summed E-state index contributed by atoms with van der Waals surface area (Å²) in [5.74, 6) is 5.15. The van der Waals surface area contributed by atoms with E-state index in [1.165, 1.54) is 57.8 Å². The third kappa shape index (κ3) is 6.32. The van der Waals surface area contributed by atoms with Crippen LogP contribution in [0.3, 0.4) is 0 Å². The van der Waals surface area contributed by atoms with Gasteiger partial charge in [-0.2, -0.15) is 0 Å². The van der Waals surface area contributed by atoms with E-state index in [4.69, 9.17) is 0 Å². The maximum atomic E-state index is 2.45. The van der Waals surface area contributed by atoms with Gasteiger partial charge in [0.1, 0.15) is 0 Å². The molecule has 1 rings (SSSR count). The Balaban J connectivity index is 2.16. The number of hydrogen-bond acceptors (Lipinski definition) is 0. The molecular weight excluding hydrogens is 228 g/mol. The summed E-state index contributed by atoms with van der Waals surface area (Å²) in [4.78, 5) is 0. The van der Waals surface area contributed by atoms with Crippen LogP contribution >= 0.6 is 0 Å². The Morgan fingerprint density at radius 3 is 1.84 bits per heavy atom. The average molecular weight is 267 g/mol. The lowest BCUT2D eigenvalue weighted by atomic mass is 9.93. The normalized spacial score (nSPS) is 27.8. The van der Waals surface area contributed by atoms with E-state index in [0.29, 0.717) is 0 Å². The molecule has 0 heterocycles. The summed E-state index contributed by atoms with van der Waals surface area (Å²) in [6.45, 7) is 11.9. The molecule has 0 nitrogen and oxygen atoms in total. The van der Waals surface area contributed by atoms with E-state index in [-0.39, 0.29) is 0 Å². The van der Waals surface area contributed by atoms with Crippen molar-refractivity contribution in [1.29, 1.82) is 0 Å². The highest BCUT2D eigenvalue weighted by Gasteiger charge is 2.46. The molecule has 4 unspecified atom stereocenters. The molecule has 0 amide bonds. The van der Waals surface area contributed by atoms with Crippen molar-refractivity contribution >= 4 is 0 Å². The van der Waals surface area contributed by atoms with E-state index < -0.39 is 0 Å². The molecule has 114 valence electrons. The Hall–Kier alpha value is 0. The molecule has 4 atom stereocenters. The fourth-order valence-corrected chi connectivity index (χ4v) is 4.21. The van der Waals surface area contributed by atoms with Crippen molar-refractivity contribution in [3.8, 4) is 0 Å². The van der Waals surface area contributed by atoms with E-state index in [1.807, 2.05) is 0 Å². The molecule has 1 saturated carbocycles. The van der Waals surface area contributed by atoms with Gasteiger partial charge in [-0.15, -0.1) is 0 Å². The zero-order valence-electron chi connectivity index (χ0n) is 14.3. The lowest BCUT2D eigenvalue weighted by Crippen LogP contribution is -2.00. The number of unbranched alkanes of at least 4 members (excludes halogenated alkanes) is 1. The minimum Gasteiger partial charge on any atom is -0.0654 e. The molecule has 0 aromatic rings. The highest BCUT2D eigenvalue weighted by molar-refractivity contribution is 4.96. The first-order chi connectivity index (χ1) is 9.10. The summed E-state index contributed by atoms with van der Waals surface area (Å²) in [5, 5.41) is 0. The maximum Gasteiger partial charge on any atom is -0.0352 e. The van der Waals surface area contributed by atoms with Crippen LogP contribution in [0.4, 0.5) is 0 Å². The van der Waals surface area contributed by atoms with Gasteiger partial charge >= 0.3 is 0 Å². The topological polar surface area (TPSA) is 0 Å². The van der Waals surface area contributed by atoms with E-state index in [1.54, 1.807) is 0 Å². The van der Waals surface area contributed by atoms with Gasteiger partial charge in [-0.05, 0) is 48.9 Å². The Bertz CT molecular complexity index is 218. The SMILES string of the molecule is CCCCC1C(CCC)C1CCCC(C)CC(C)C. The fourth-order valence-electron chi connectivity index (χ4n) is 4.21. The predicted octanol–water partition coefficient (Wildman–Crippen LogP) is 6.69. The summed E-state index contributed by atoms with van der Waals surface area (Å²) in [5.41, 5.74) is 0. The van der Waals surface area contributed by atoms with Gasteiger partial charge in [-0.3, -0.25) is 0 Å². The summed E-state index contributed by atoms with van der Waals surface area (Å²) in [7, 11) is 0. The monoisotopic (exact) mass is 266 g/mol. The third-order valence-corrected chi connectivity index (χ3v) is 5.13. The second-order valence-electron chi connectivity index (χ2n) is 7.59. The van der Waals surface area contributed by atoms with E-state index in [9.17, 15) is 0 Å². The largest absolute Gasteiger partial charge is 0.0654 e. The van der Waals surface area contributed by atoms with Crippen LogP contribution in [0.2, 0.25) is 0 Å². The van der Waals surface area contributed by atoms with Crippen molar-refractivity contribution in [3.05, 3.63) is 0 Å². The average Bonchev–Trinajstić information content (AvgIpc) is 2.98. The van der Waals surface area contributed by atoms with E-state index in [0.717, 1.165) is 29.6 Å². The number of hydrogen-bond donors (Lipinski definition) is 0. The second-order valence-corrected chi connectivity index (χ2v) is 7.59. The Labute approximate surface area is 122 Å². The van der Waals surface area contributed by atoms with Crippen molar-refractivity contribution in [1.82, 2.24) is 0 Å². The first-order valence-electron chi connectivity index (χ1n) is 9.10. The van der Waals surface area contributed by atoms with Crippen molar-refractivity contribution < 1.29 is 0 Å². The van der Waals surface area contributed by atoms with Gasteiger partial charge < -0.3 is 0 Å². The molecule has 1 aliphatic carbocycles. The fraction of sp³-hybridized carbons (Fsp3) is 1.00. The van der Waals surface area contributed by atoms with Crippen LogP contribution < -0.4 is 0 Å². The van der Waals surface area contributed by atoms with E-state index in [2.05, 4.69) is 34.6 Å². The highest BCUT2D eigenvalue weighted by Crippen LogP contribution is 2.54. The summed E-state index contributed by atoms with van der Waals surface area (Å²) in [6.07, 6.45) is 13.2. The van der Waals surface area contributed by atoms with E-state index >= 15 is 0 Å². The minimum atomic E-state index is 0.876. The molecule has 0 aliphatic heterocycles. The summed E-state index contributed by atoms with van der Waals surface area (Å²) >= 11 is 0. The van der Waals surface area contributed by atoms with Crippen LogP contribution in [0.15, 0.2) is 0 Å². The zero-order chi connectivity index (χ0) is 14.3. The standard InChI is InChI=1S/C19H38/c1-6-8-12-18-17(10-7-2)19(18)13-9-11-16(5)14-15(3)4/h15-19H,6-14H2,1-5H3. The third-order valence-electron chi connectivity index (χ3n) is 5.13. The van der Waals surface area contributed by atoms with Crippen molar-refractivity contribution in [3.63, 3.8) is 0 Å². The second kappa shape index (κ2) is 9.03. The van der Waals surface area contributed by atoms with Crippen LogP contribution in [0.5, 0.6) is 0 Å². The Morgan fingerprint density at radius 1 is 0.737 bits per heavy atom. The van der Waals surface area contributed by atoms with Gasteiger partial charge in [0.2, 0.25) is 0 Å². The summed E-state index contributed by atoms with van der Waals surface area (Å²) in [6, 6.07) is 0. The van der Waals surface area contributed by atoms with Crippen LogP contribution in [0.25, 0.3) is 0 Å². The highest BCUT2D eigenvalue weighted by atomic mass is 14.5. The predicted molar refractivity (Wildman–Crippen MR) is 87.4 cm³/mol. The molecule has 0 aromatic carbocycles. The van der Waals surface area contributed by atoms with Gasteiger partial charge in [-0.1, -0.05) is 73.1 Å². The molecule has 1 aliphatic rings. The molecule has 0 saturated heterocycles. The molecule has 19 heavy (non-hydrogen) atoms. The van der Waals surface area contributed by atoms with Crippen molar-refractivity contribution in [2.75, 3.05) is 0 Å². The molecule has 0 heteroatoms. The van der Waals surface area contributed by atoms with Crippen LogP contribution in [0.1, 0.15) is 92.4 Å². The van der Waals surface area contributed by atoms with Gasteiger partial charge in [0.15, 0.2) is 0 Å². The molecule has 0 N–H and O–H groups in total. The van der Waals surface area contributed by atoms with Gasteiger partial charge in [0, 0.05) is 0 Å². The molecular formula is C19H38. The lowest BCUT2D eigenvalue weighted by molar-refractivity contribution is 0.392. The molecule has 0 spiro atoms. The Kier molecular flexibility index (Phi) is 8.11. The lowest BCUT2D eigenvalue weighted by Gasteiger charge is -2.13. The quantitative estimate of drug-likeness (QED) is 0.391. The van der Waals surface area contributed by atoms with Gasteiger partial charge in [0.05, 0.1) is 0 Å². The molecule has 1 fully saturated rings. The van der Waals surface area contributed by atoms with Crippen LogP contribution in [-0.4, -0.2) is 0 Å². The molecule has 0 aromatic heterocycles. The zero-order valence-corrected chi connectivity index (χ0v) is 14.3. The van der Waals surface area contributed by atoms with Gasteiger partial charge in [0.25, 0.3) is 0 Å². The first-order valence-corrected chi connectivity index (χ1v) is 9.10. The van der Waals surface area contributed by atoms with Gasteiger partial charge in [-0.25, -0.2) is 0 Å². The number of rotatable bonds is 11. The Morgan fingerprint density at radius 2 is 1.32 bits per heavy atom. The smallest absolute Gasteiger partial charge is 0.0352 e. The van der Waals surface area contributed by atoms with Crippen molar-refractivity contribution in [2.24, 2.45) is 29.6 Å². The minimum absolute atomic E-state index is 0.876. The molecule has 0 radical (unpaired) electrons.